The highest BCUT2D eigenvalue weighted by atomic mass is 79.9. The van der Waals surface area contributed by atoms with Crippen molar-refractivity contribution in [1.82, 2.24) is 0 Å². The highest BCUT2D eigenvalue weighted by Gasteiger charge is 2.47. The highest BCUT2D eigenvalue weighted by molar-refractivity contribution is 9.10. The summed E-state index contributed by atoms with van der Waals surface area (Å²) >= 11 is 3.61. The van der Waals surface area contributed by atoms with Crippen LogP contribution in [0.5, 0.6) is 23.0 Å². The lowest BCUT2D eigenvalue weighted by atomic mass is 9.67. The molecular formula is C31H19BrO2. The Morgan fingerprint density at radius 3 is 1.88 bits per heavy atom. The predicted octanol–water partition coefficient (Wildman–Crippen LogP) is 8.71. The number of para-hydroxylation sites is 1. The molecule has 5 aromatic rings. The SMILES string of the molecule is Brc1cccc2c1Oc1cc3c(cc1O2)-c1ccccc1C3(c1ccccc1)c1ccccc1. The lowest BCUT2D eigenvalue weighted by molar-refractivity contribution is 0.357. The second-order valence-electron chi connectivity index (χ2n) is 8.64. The van der Waals surface area contributed by atoms with E-state index in [-0.39, 0.29) is 0 Å². The minimum atomic E-state index is -0.457. The standard InChI is InChI=1S/C31H19BrO2/c32-26-16-9-17-27-30(26)34-29-19-25-23(18-28(29)33-27)22-14-7-8-15-24(22)31(25,20-10-3-1-4-11-20)21-12-5-2-6-13-21/h1-19H. The molecule has 162 valence electrons. The Morgan fingerprint density at radius 1 is 0.500 bits per heavy atom. The first-order valence-corrected chi connectivity index (χ1v) is 12.1. The van der Waals surface area contributed by atoms with E-state index in [9.17, 15) is 0 Å². The number of ether oxygens (including phenoxy) is 2. The molecule has 0 unspecified atom stereocenters. The molecule has 0 radical (unpaired) electrons. The molecular weight excluding hydrogens is 484 g/mol. The summed E-state index contributed by atoms with van der Waals surface area (Å²) in [6.45, 7) is 0. The predicted molar refractivity (Wildman–Crippen MR) is 138 cm³/mol. The van der Waals surface area contributed by atoms with Gasteiger partial charge in [-0.05, 0) is 73.6 Å². The zero-order valence-corrected chi connectivity index (χ0v) is 19.8. The molecule has 0 N–H and O–H groups in total. The van der Waals surface area contributed by atoms with Crippen LogP contribution < -0.4 is 9.47 Å². The number of rotatable bonds is 2. The van der Waals surface area contributed by atoms with Crippen LogP contribution in [0.1, 0.15) is 22.3 Å². The van der Waals surface area contributed by atoms with Gasteiger partial charge in [-0.15, -0.1) is 0 Å². The first-order valence-electron chi connectivity index (χ1n) is 11.3. The van der Waals surface area contributed by atoms with E-state index in [4.69, 9.17) is 9.47 Å². The van der Waals surface area contributed by atoms with Gasteiger partial charge in [0.2, 0.25) is 0 Å². The molecule has 0 saturated heterocycles. The van der Waals surface area contributed by atoms with Crippen molar-refractivity contribution in [1.29, 1.82) is 0 Å². The van der Waals surface area contributed by atoms with Crippen LogP contribution in [-0.4, -0.2) is 0 Å². The van der Waals surface area contributed by atoms with Gasteiger partial charge in [0.1, 0.15) is 0 Å². The van der Waals surface area contributed by atoms with Gasteiger partial charge in [0.25, 0.3) is 0 Å². The molecule has 0 atom stereocenters. The topological polar surface area (TPSA) is 18.5 Å². The Balaban J connectivity index is 1.57. The fraction of sp³-hybridized carbons (Fsp3) is 0.0323. The van der Waals surface area contributed by atoms with E-state index in [0.717, 1.165) is 16.0 Å². The van der Waals surface area contributed by atoms with Crippen LogP contribution in [0.3, 0.4) is 0 Å². The lowest BCUT2D eigenvalue weighted by Crippen LogP contribution is -2.28. The molecule has 34 heavy (non-hydrogen) atoms. The van der Waals surface area contributed by atoms with Gasteiger partial charge in [0.05, 0.1) is 9.89 Å². The van der Waals surface area contributed by atoms with Crippen LogP contribution in [0.2, 0.25) is 0 Å². The van der Waals surface area contributed by atoms with E-state index in [1.807, 2.05) is 18.2 Å². The summed E-state index contributed by atoms with van der Waals surface area (Å²) in [7, 11) is 0. The van der Waals surface area contributed by atoms with E-state index < -0.39 is 5.41 Å². The number of fused-ring (bicyclic) bond motifs is 5. The second kappa shape index (κ2) is 7.34. The molecule has 0 amide bonds. The maximum atomic E-state index is 6.43. The fourth-order valence-corrected chi connectivity index (χ4v) is 5.93. The number of hydrogen-bond acceptors (Lipinski definition) is 2. The second-order valence-corrected chi connectivity index (χ2v) is 9.50. The number of halogens is 1. The molecule has 0 bridgehead atoms. The van der Waals surface area contributed by atoms with Crippen LogP contribution in [0, 0.1) is 0 Å². The van der Waals surface area contributed by atoms with Crippen molar-refractivity contribution >= 4 is 15.9 Å². The number of benzene rings is 5. The third-order valence-corrected chi connectivity index (χ3v) is 7.51. The smallest absolute Gasteiger partial charge is 0.184 e. The van der Waals surface area contributed by atoms with E-state index >= 15 is 0 Å². The largest absolute Gasteiger partial charge is 0.449 e. The van der Waals surface area contributed by atoms with Crippen molar-refractivity contribution in [2.45, 2.75) is 5.41 Å². The van der Waals surface area contributed by atoms with Crippen LogP contribution in [0.15, 0.2) is 120 Å². The van der Waals surface area contributed by atoms with Gasteiger partial charge in [0, 0.05) is 0 Å². The Kier molecular flexibility index (Phi) is 4.24. The molecule has 2 nitrogen and oxygen atoms in total. The molecule has 2 aliphatic rings. The molecule has 1 aliphatic heterocycles. The molecule has 1 aliphatic carbocycles. The Hall–Kier alpha value is -3.82. The van der Waals surface area contributed by atoms with Crippen molar-refractivity contribution in [2.75, 3.05) is 0 Å². The van der Waals surface area contributed by atoms with E-state index in [1.54, 1.807) is 0 Å². The third-order valence-electron chi connectivity index (χ3n) is 6.89. The summed E-state index contributed by atoms with van der Waals surface area (Å²) in [5.41, 5.74) is 6.85. The quantitative estimate of drug-likeness (QED) is 0.235. The van der Waals surface area contributed by atoms with Crippen LogP contribution in [-0.2, 0) is 5.41 Å². The summed E-state index contributed by atoms with van der Waals surface area (Å²) in [6.07, 6.45) is 0. The average molecular weight is 503 g/mol. The first kappa shape index (κ1) is 19.6. The molecule has 3 heteroatoms. The van der Waals surface area contributed by atoms with Crippen molar-refractivity contribution in [3.05, 3.63) is 142 Å². The van der Waals surface area contributed by atoms with E-state index in [0.29, 0.717) is 11.5 Å². The summed E-state index contributed by atoms with van der Waals surface area (Å²) in [4.78, 5) is 0. The van der Waals surface area contributed by atoms with Gasteiger partial charge >= 0.3 is 0 Å². The van der Waals surface area contributed by atoms with Crippen molar-refractivity contribution in [2.24, 2.45) is 0 Å². The zero-order valence-electron chi connectivity index (χ0n) is 18.2. The van der Waals surface area contributed by atoms with Crippen molar-refractivity contribution < 1.29 is 9.47 Å². The van der Waals surface area contributed by atoms with Gasteiger partial charge in [-0.3, -0.25) is 0 Å². The molecule has 0 spiro atoms. The molecule has 7 rings (SSSR count). The first-order chi connectivity index (χ1) is 16.8. The Morgan fingerprint density at radius 2 is 1.15 bits per heavy atom. The fourth-order valence-electron chi connectivity index (χ4n) is 5.50. The van der Waals surface area contributed by atoms with E-state index in [1.165, 1.54) is 33.4 Å². The van der Waals surface area contributed by atoms with Crippen LogP contribution in [0.25, 0.3) is 11.1 Å². The Bertz CT molecular complexity index is 1520. The molecule has 5 aromatic carbocycles. The average Bonchev–Trinajstić information content (AvgIpc) is 3.18. The van der Waals surface area contributed by atoms with Crippen LogP contribution >= 0.6 is 15.9 Å². The van der Waals surface area contributed by atoms with Gasteiger partial charge in [0.15, 0.2) is 23.0 Å². The molecule has 0 saturated carbocycles. The molecule has 1 heterocycles. The van der Waals surface area contributed by atoms with Gasteiger partial charge < -0.3 is 9.47 Å². The molecule has 0 fully saturated rings. The lowest BCUT2D eigenvalue weighted by Gasteiger charge is -2.34. The highest BCUT2D eigenvalue weighted by Crippen LogP contribution is 2.60. The zero-order chi connectivity index (χ0) is 22.7. The Labute approximate surface area is 206 Å². The third kappa shape index (κ3) is 2.62. The summed E-state index contributed by atoms with van der Waals surface area (Å²) < 4.78 is 13.6. The van der Waals surface area contributed by atoms with Gasteiger partial charge in [-0.1, -0.05) is 91.0 Å². The van der Waals surface area contributed by atoms with Crippen molar-refractivity contribution in [3.8, 4) is 34.1 Å². The van der Waals surface area contributed by atoms with Crippen molar-refractivity contribution in [3.63, 3.8) is 0 Å². The summed E-state index contributed by atoms with van der Waals surface area (Å²) in [5, 5.41) is 0. The normalized spacial score (nSPS) is 14.1. The summed E-state index contributed by atoms with van der Waals surface area (Å²) in [6, 6.07) is 40.4. The summed E-state index contributed by atoms with van der Waals surface area (Å²) in [5.74, 6) is 2.87. The monoisotopic (exact) mass is 502 g/mol. The van der Waals surface area contributed by atoms with Crippen LogP contribution in [0.4, 0.5) is 0 Å². The minimum absolute atomic E-state index is 0.457. The number of hydrogen-bond donors (Lipinski definition) is 0. The van der Waals surface area contributed by atoms with E-state index in [2.05, 4.69) is 113 Å². The van der Waals surface area contributed by atoms with Gasteiger partial charge in [-0.2, -0.15) is 0 Å². The molecule has 0 aromatic heterocycles. The minimum Gasteiger partial charge on any atom is -0.449 e. The maximum Gasteiger partial charge on any atom is 0.184 e. The maximum absolute atomic E-state index is 6.43. The van der Waals surface area contributed by atoms with Gasteiger partial charge in [-0.25, -0.2) is 0 Å².